The lowest BCUT2D eigenvalue weighted by molar-refractivity contribution is -0.136. The molecule has 0 saturated heterocycles. The quantitative estimate of drug-likeness (QED) is 0.490. The first-order chi connectivity index (χ1) is 17.0. The molecule has 0 heterocycles. The first-order valence-corrected chi connectivity index (χ1v) is 11.1. The molecule has 0 aliphatic carbocycles. The third kappa shape index (κ3) is 6.24. The minimum atomic E-state index is -1.58. The second-order valence-electron chi connectivity index (χ2n) is 8.97. The Morgan fingerprint density at radius 2 is 1.50 bits per heavy atom. The van der Waals surface area contributed by atoms with E-state index in [-0.39, 0.29) is 16.9 Å². The average Bonchev–Trinajstić information content (AvgIpc) is 2.82. The minimum absolute atomic E-state index is 0.0221. The Morgan fingerprint density at radius 3 is 2.11 bits per heavy atom. The van der Waals surface area contributed by atoms with E-state index in [1.165, 1.54) is 43.5 Å². The predicted octanol–water partition coefficient (Wildman–Crippen LogP) is 4.60. The van der Waals surface area contributed by atoms with E-state index in [4.69, 9.17) is 4.74 Å². The van der Waals surface area contributed by atoms with Gasteiger partial charge in [-0.15, -0.1) is 0 Å². The van der Waals surface area contributed by atoms with Crippen molar-refractivity contribution in [1.82, 2.24) is 5.32 Å². The van der Waals surface area contributed by atoms with Gasteiger partial charge in [-0.3, -0.25) is 19.3 Å². The van der Waals surface area contributed by atoms with Gasteiger partial charge in [0.1, 0.15) is 23.4 Å². The monoisotopic (exact) mass is 495 g/mol. The standard InChI is InChI=1S/C27H27F2N3O4/c1-27(2,3)31-24(33)23(19-9-5-6-10-20(19)29)32(18-15-13-17(28)14-16-18)26(35)25(34)30-21-11-7-8-12-22(21)36-4/h5-16,23H,1-4H3,(H,30,34)(H,31,33). The molecule has 3 aromatic rings. The highest BCUT2D eigenvalue weighted by molar-refractivity contribution is 6.45. The number of rotatable bonds is 6. The molecule has 0 saturated carbocycles. The van der Waals surface area contributed by atoms with Gasteiger partial charge < -0.3 is 15.4 Å². The second kappa shape index (κ2) is 11.0. The van der Waals surface area contributed by atoms with Gasteiger partial charge in [0.2, 0.25) is 5.91 Å². The molecule has 3 rings (SSSR count). The van der Waals surface area contributed by atoms with Crippen molar-refractivity contribution in [3.63, 3.8) is 0 Å². The zero-order valence-corrected chi connectivity index (χ0v) is 20.3. The Bertz CT molecular complexity index is 1260. The van der Waals surface area contributed by atoms with Crippen molar-refractivity contribution in [2.45, 2.75) is 32.4 Å². The molecule has 3 aromatic carbocycles. The van der Waals surface area contributed by atoms with Gasteiger partial charge in [-0.05, 0) is 63.2 Å². The summed E-state index contributed by atoms with van der Waals surface area (Å²) in [4.78, 5) is 41.1. The van der Waals surface area contributed by atoms with Crippen LogP contribution in [-0.4, -0.2) is 30.4 Å². The molecule has 0 aliphatic rings. The van der Waals surface area contributed by atoms with Gasteiger partial charge in [0.05, 0.1) is 12.8 Å². The highest BCUT2D eigenvalue weighted by atomic mass is 19.1. The van der Waals surface area contributed by atoms with Crippen LogP contribution in [0.3, 0.4) is 0 Å². The summed E-state index contributed by atoms with van der Waals surface area (Å²) in [5, 5.41) is 5.22. The number of nitrogens with one attached hydrogen (secondary N) is 2. The molecule has 188 valence electrons. The van der Waals surface area contributed by atoms with E-state index in [2.05, 4.69) is 10.6 Å². The van der Waals surface area contributed by atoms with Gasteiger partial charge in [0.15, 0.2) is 0 Å². The number of carbonyl (C=O) groups excluding carboxylic acids is 3. The van der Waals surface area contributed by atoms with Crippen molar-refractivity contribution < 1.29 is 27.9 Å². The number of ether oxygens (including phenoxy) is 1. The highest BCUT2D eigenvalue weighted by Gasteiger charge is 2.38. The summed E-state index contributed by atoms with van der Waals surface area (Å²) >= 11 is 0. The molecule has 0 radical (unpaired) electrons. The third-order valence-electron chi connectivity index (χ3n) is 5.08. The Hall–Kier alpha value is -4.27. The molecule has 0 bridgehead atoms. The van der Waals surface area contributed by atoms with E-state index in [0.717, 1.165) is 23.1 Å². The van der Waals surface area contributed by atoms with Crippen molar-refractivity contribution in [3.8, 4) is 5.75 Å². The van der Waals surface area contributed by atoms with Crippen LogP contribution in [0.4, 0.5) is 20.2 Å². The van der Waals surface area contributed by atoms with Crippen LogP contribution in [-0.2, 0) is 14.4 Å². The highest BCUT2D eigenvalue weighted by Crippen LogP contribution is 2.31. The lowest BCUT2D eigenvalue weighted by Gasteiger charge is -2.33. The molecule has 1 unspecified atom stereocenters. The normalized spacial score (nSPS) is 11.8. The number of methoxy groups -OCH3 is 1. The van der Waals surface area contributed by atoms with Crippen LogP contribution in [0.25, 0.3) is 0 Å². The molecular weight excluding hydrogens is 468 g/mol. The summed E-state index contributed by atoms with van der Waals surface area (Å²) in [5.41, 5.74) is -0.632. The van der Waals surface area contributed by atoms with E-state index in [9.17, 15) is 23.2 Å². The van der Waals surface area contributed by atoms with E-state index in [0.29, 0.717) is 5.75 Å². The molecule has 0 aliphatic heterocycles. The van der Waals surface area contributed by atoms with Gasteiger partial charge in [0, 0.05) is 16.8 Å². The summed E-state index contributed by atoms with van der Waals surface area (Å²) in [6.45, 7) is 5.17. The van der Waals surface area contributed by atoms with Gasteiger partial charge in [-0.25, -0.2) is 8.78 Å². The number of benzene rings is 3. The van der Waals surface area contributed by atoms with Crippen molar-refractivity contribution in [2.24, 2.45) is 0 Å². The molecule has 9 heteroatoms. The number of hydrogen-bond donors (Lipinski definition) is 2. The first-order valence-electron chi connectivity index (χ1n) is 11.1. The van der Waals surface area contributed by atoms with Crippen LogP contribution in [0.5, 0.6) is 5.75 Å². The van der Waals surface area contributed by atoms with Crippen LogP contribution < -0.4 is 20.3 Å². The minimum Gasteiger partial charge on any atom is -0.495 e. The van der Waals surface area contributed by atoms with Crippen molar-refractivity contribution in [1.29, 1.82) is 0 Å². The Kier molecular flexibility index (Phi) is 8.03. The topological polar surface area (TPSA) is 87.7 Å². The van der Waals surface area contributed by atoms with E-state index >= 15 is 0 Å². The summed E-state index contributed by atoms with van der Waals surface area (Å²) in [5.74, 6) is -4.03. The lowest BCUT2D eigenvalue weighted by atomic mass is 10.00. The molecule has 36 heavy (non-hydrogen) atoms. The Balaban J connectivity index is 2.13. The summed E-state index contributed by atoms with van der Waals surface area (Å²) in [6.07, 6.45) is 0. The number of nitrogens with zero attached hydrogens (tertiary/aromatic N) is 1. The van der Waals surface area contributed by atoms with Crippen LogP contribution in [0.1, 0.15) is 32.4 Å². The molecule has 2 N–H and O–H groups in total. The van der Waals surface area contributed by atoms with Gasteiger partial charge in [0.25, 0.3) is 0 Å². The summed E-state index contributed by atoms with van der Waals surface area (Å²) in [7, 11) is 1.41. The molecule has 0 fully saturated rings. The fourth-order valence-electron chi connectivity index (χ4n) is 3.55. The van der Waals surface area contributed by atoms with Gasteiger partial charge in [-0.2, -0.15) is 0 Å². The van der Waals surface area contributed by atoms with Crippen LogP contribution in [0.15, 0.2) is 72.8 Å². The maximum absolute atomic E-state index is 15.0. The van der Waals surface area contributed by atoms with Gasteiger partial charge >= 0.3 is 11.8 Å². The SMILES string of the molecule is COc1ccccc1NC(=O)C(=O)N(c1ccc(F)cc1)C(C(=O)NC(C)(C)C)c1ccccc1F. The maximum atomic E-state index is 15.0. The largest absolute Gasteiger partial charge is 0.495 e. The Morgan fingerprint density at radius 1 is 0.889 bits per heavy atom. The number of amides is 3. The summed E-state index contributed by atoms with van der Waals surface area (Å²) < 4.78 is 33.9. The van der Waals surface area contributed by atoms with Gasteiger partial charge in [-0.1, -0.05) is 30.3 Å². The smallest absolute Gasteiger partial charge is 0.317 e. The molecule has 7 nitrogen and oxygen atoms in total. The zero-order chi connectivity index (χ0) is 26.5. The molecule has 0 aromatic heterocycles. The summed E-state index contributed by atoms with van der Waals surface area (Å²) in [6, 6.07) is 15.0. The first kappa shape index (κ1) is 26.3. The van der Waals surface area contributed by atoms with E-state index in [1.54, 1.807) is 39.0 Å². The van der Waals surface area contributed by atoms with Crippen LogP contribution >= 0.6 is 0 Å². The third-order valence-corrected chi connectivity index (χ3v) is 5.08. The number of anilines is 2. The molecular formula is C27H27F2N3O4. The van der Waals surface area contributed by atoms with Crippen LogP contribution in [0.2, 0.25) is 0 Å². The number of para-hydroxylation sites is 2. The predicted molar refractivity (Wildman–Crippen MR) is 133 cm³/mol. The number of carbonyl (C=O) groups is 3. The molecule has 1 atom stereocenters. The molecule has 3 amide bonds. The van der Waals surface area contributed by atoms with Crippen molar-refractivity contribution in [2.75, 3.05) is 17.3 Å². The fraction of sp³-hybridized carbons (Fsp3) is 0.222. The average molecular weight is 496 g/mol. The van der Waals surface area contributed by atoms with E-state index in [1.807, 2.05) is 0 Å². The number of halogens is 2. The van der Waals surface area contributed by atoms with Crippen molar-refractivity contribution >= 4 is 29.1 Å². The fourth-order valence-corrected chi connectivity index (χ4v) is 3.55. The Labute approximate surface area is 208 Å². The molecule has 0 spiro atoms. The van der Waals surface area contributed by atoms with Crippen LogP contribution in [0, 0.1) is 11.6 Å². The lowest BCUT2D eigenvalue weighted by Crippen LogP contribution is -2.51. The van der Waals surface area contributed by atoms with E-state index < -0.39 is 40.9 Å². The zero-order valence-electron chi connectivity index (χ0n) is 20.3. The number of hydrogen-bond acceptors (Lipinski definition) is 4. The second-order valence-corrected chi connectivity index (χ2v) is 8.97. The maximum Gasteiger partial charge on any atom is 0.317 e. The van der Waals surface area contributed by atoms with Crippen molar-refractivity contribution in [3.05, 3.63) is 90.0 Å².